The van der Waals surface area contributed by atoms with Gasteiger partial charge in [0.15, 0.2) is 0 Å². The molecule has 0 saturated carbocycles. The number of pyridine rings is 1. The molecule has 10 heteroatoms. The predicted octanol–water partition coefficient (Wildman–Crippen LogP) is 7.60. The average Bonchev–Trinajstić information content (AvgIpc) is 3.09. The molecule has 0 spiro atoms. The van der Waals surface area contributed by atoms with Gasteiger partial charge in [0.05, 0.1) is 37.6 Å². The van der Waals surface area contributed by atoms with Gasteiger partial charge in [-0.1, -0.05) is 30.3 Å². The number of aromatic nitrogens is 3. The van der Waals surface area contributed by atoms with Crippen LogP contribution < -0.4 is 14.8 Å². The van der Waals surface area contributed by atoms with Crippen molar-refractivity contribution in [1.29, 1.82) is 0 Å². The minimum absolute atomic E-state index is 0.0288. The van der Waals surface area contributed by atoms with Gasteiger partial charge in [-0.05, 0) is 98.6 Å². The highest BCUT2D eigenvalue weighted by molar-refractivity contribution is 5.89. The molecule has 0 aliphatic rings. The number of nitrogens with zero attached hydrogens (tertiary/aromatic N) is 3. The molecular weight excluding hydrogens is 608 g/mol. The molecule has 1 N–H and O–H groups in total. The van der Waals surface area contributed by atoms with Gasteiger partial charge in [0.2, 0.25) is 0 Å². The number of carbonyl (C=O) groups is 2. The van der Waals surface area contributed by atoms with E-state index in [1.54, 1.807) is 43.6 Å². The number of benzene rings is 3. The van der Waals surface area contributed by atoms with Crippen LogP contribution in [0.3, 0.4) is 0 Å². The maximum atomic E-state index is 12.9. The summed E-state index contributed by atoms with van der Waals surface area (Å²) in [6.07, 6.45) is 1.62. The number of esters is 2. The lowest BCUT2D eigenvalue weighted by Crippen LogP contribution is -2.25. The Balaban J connectivity index is 1.30. The van der Waals surface area contributed by atoms with E-state index in [2.05, 4.69) is 15.3 Å². The lowest BCUT2D eigenvalue weighted by Gasteiger charge is -2.22. The summed E-state index contributed by atoms with van der Waals surface area (Å²) in [4.78, 5) is 38.6. The smallest absolute Gasteiger partial charge is 0.337 e. The number of hydrogen-bond donors (Lipinski definition) is 1. The summed E-state index contributed by atoms with van der Waals surface area (Å²) in [6.45, 7) is 6.09. The Hall–Kier alpha value is -5.77. The molecule has 2 heterocycles. The standard InChI is InChI=1S/C38H38N4O6/c1-38(2,3)48-35(43)23-31(26-11-13-28(14-12-26)36(44)46-5)33-21-22-39-37(42-33)47-30-19-15-27(16-20-30)32-7-6-8-34(41-32)40-24-25-9-17-29(45-4)18-10-25/h6-22,31H,23-24H2,1-5H3,(H,40,41). The zero-order valence-electron chi connectivity index (χ0n) is 27.6. The first-order valence-corrected chi connectivity index (χ1v) is 15.5. The molecule has 246 valence electrons. The van der Waals surface area contributed by atoms with Crippen molar-refractivity contribution in [3.8, 4) is 28.8 Å². The molecule has 0 radical (unpaired) electrons. The molecule has 3 aromatic carbocycles. The second-order valence-corrected chi connectivity index (χ2v) is 12.0. The molecule has 0 aliphatic carbocycles. The van der Waals surface area contributed by atoms with Gasteiger partial charge >= 0.3 is 17.9 Å². The van der Waals surface area contributed by atoms with Gasteiger partial charge in [0, 0.05) is 24.2 Å². The van der Waals surface area contributed by atoms with Crippen molar-refractivity contribution in [2.75, 3.05) is 19.5 Å². The van der Waals surface area contributed by atoms with Crippen LogP contribution >= 0.6 is 0 Å². The van der Waals surface area contributed by atoms with Gasteiger partial charge < -0.3 is 24.3 Å². The summed E-state index contributed by atoms with van der Waals surface area (Å²) in [5.74, 6) is 0.812. The van der Waals surface area contributed by atoms with Crippen molar-refractivity contribution in [2.45, 2.75) is 45.3 Å². The first-order chi connectivity index (χ1) is 23.1. The number of hydrogen-bond acceptors (Lipinski definition) is 10. The SMILES string of the molecule is COC(=O)c1ccc(C(CC(=O)OC(C)(C)C)c2ccnc(Oc3ccc(-c4cccc(NCc5ccc(OC)cc5)n4)cc3)n2)cc1. The second-order valence-electron chi connectivity index (χ2n) is 12.0. The largest absolute Gasteiger partial charge is 0.497 e. The molecule has 10 nitrogen and oxygen atoms in total. The molecule has 1 unspecified atom stereocenters. The lowest BCUT2D eigenvalue weighted by atomic mass is 9.91. The third-order valence-corrected chi connectivity index (χ3v) is 7.28. The molecule has 0 saturated heterocycles. The molecule has 48 heavy (non-hydrogen) atoms. The fourth-order valence-corrected chi connectivity index (χ4v) is 4.94. The van der Waals surface area contributed by atoms with E-state index in [0.717, 1.165) is 34.0 Å². The first-order valence-electron chi connectivity index (χ1n) is 15.5. The highest BCUT2D eigenvalue weighted by Gasteiger charge is 2.25. The van der Waals surface area contributed by atoms with E-state index in [0.29, 0.717) is 23.6 Å². The number of ether oxygens (including phenoxy) is 4. The zero-order valence-corrected chi connectivity index (χ0v) is 27.6. The number of methoxy groups -OCH3 is 2. The molecule has 2 aromatic heterocycles. The molecule has 0 fully saturated rings. The van der Waals surface area contributed by atoms with Crippen LogP contribution in [0, 0.1) is 0 Å². The van der Waals surface area contributed by atoms with E-state index in [1.165, 1.54) is 7.11 Å². The normalized spacial score (nSPS) is 11.7. The molecule has 5 aromatic rings. The average molecular weight is 647 g/mol. The maximum absolute atomic E-state index is 12.9. The van der Waals surface area contributed by atoms with Gasteiger partial charge in [-0.3, -0.25) is 4.79 Å². The molecule has 5 rings (SSSR count). The first kappa shape index (κ1) is 33.6. The van der Waals surface area contributed by atoms with Crippen LogP contribution in [0.4, 0.5) is 5.82 Å². The summed E-state index contributed by atoms with van der Waals surface area (Å²) >= 11 is 0. The predicted molar refractivity (Wildman–Crippen MR) is 182 cm³/mol. The Morgan fingerprint density at radius 1 is 0.812 bits per heavy atom. The van der Waals surface area contributed by atoms with Crippen molar-refractivity contribution in [3.63, 3.8) is 0 Å². The third-order valence-electron chi connectivity index (χ3n) is 7.28. The number of anilines is 1. The highest BCUT2D eigenvalue weighted by Crippen LogP contribution is 2.31. The number of rotatable bonds is 12. The van der Waals surface area contributed by atoms with E-state index in [1.807, 2.05) is 87.5 Å². The Morgan fingerprint density at radius 3 is 2.19 bits per heavy atom. The van der Waals surface area contributed by atoms with Gasteiger partial charge in [-0.15, -0.1) is 0 Å². The Labute approximate surface area is 280 Å². The fourth-order valence-electron chi connectivity index (χ4n) is 4.94. The van der Waals surface area contributed by atoms with Crippen LogP contribution in [0.2, 0.25) is 0 Å². The van der Waals surface area contributed by atoms with Crippen LogP contribution in [0.1, 0.15) is 60.3 Å². The fraction of sp³-hybridized carbons (Fsp3) is 0.237. The minimum atomic E-state index is -0.646. The van der Waals surface area contributed by atoms with Gasteiger partial charge in [-0.25, -0.2) is 14.8 Å². The Kier molecular flexibility index (Phi) is 10.6. The van der Waals surface area contributed by atoms with E-state index >= 15 is 0 Å². The highest BCUT2D eigenvalue weighted by atomic mass is 16.6. The lowest BCUT2D eigenvalue weighted by molar-refractivity contribution is -0.155. The number of carbonyl (C=O) groups excluding carboxylic acids is 2. The third kappa shape index (κ3) is 9.16. The summed E-state index contributed by atoms with van der Waals surface area (Å²) < 4.78 is 21.7. The molecule has 0 aliphatic heterocycles. The van der Waals surface area contributed by atoms with Gasteiger partial charge in [0.1, 0.15) is 22.9 Å². The van der Waals surface area contributed by atoms with E-state index < -0.39 is 17.5 Å². The molecule has 0 bridgehead atoms. The zero-order chi connectivity index (χ0) is 34.1. The quantitative estimate of drug-likeness (QED) is 0.136. The monoisotopic (exact) mass is 646 g/mol. The van der Waals surface area contributed by atoms with Gasteiger partial charge in [0.25, 0.3) is 0 Å². The Bertz CT molecular complexity index is 1840. The maximum Gasteiger partial charge on any atom is 0.337 e. The molecular formula is C38H38N4O6. The van der Waals surface area contributed by atoms with Crippen molar-refractivity contribution in [2.24, 2.45) is 0 Å². The molecule has 0 amide bonds. The van der Waals surface area contributed by atoms with Crippen LogP contribution in [-0.4, -0.2) is 46.7 Å². The minimum Gasteiger partial charge on any atom is -0.497 e. The van der Waals surface area contributed by atoms with Crippen molar-refractivity contribution in [3.05, 3.63) is 126 Å². The Morgan fingerprint density at radius 2 is 1.52 bits per heavy atom. The van der Waals surface area contributed by atoms with E-state index in [4.69, 9.17) is 23.9 Å². The number of nitrogens with one attached hydrogen (secondary N) is 1. The summed E-state index contributed by atoms with van der Waals surface area (Å²) in [5.41, 5.74) is 3.93. The topological polar surface area (TPSA) is 122 Å². The van der Waals surface area contributed by atoms with Crippen molar-refractivity contribution >= 4 is 17.8 Å². The summed E-state index contributed by atoms with van der Waals surface area (Å²) in [7, 11) is 2.98. The second kappa shape index (κ2) is 15.2. The van der Waals surface area contributed by atoms with Gasteiger partial charge in [-0.2, -0.15) is 4.98 Å². The van der Waals surface area contributed by atoms with E-state index in [9.17, 15) is 9.59 Å². The van der Waals surface area contributed by atoms with Crippen molar-refractivity contribution < 1.29 is 28.5 Å². The van der Waals surface area contributed by atoms with Crippen molar-refractivity contribution in [1.82, 2.24) is 15.0 Å². The summed E-state index contributed by atoms with van der Waals surface area (Å²) in [5, 5.41) is 3.37. The van der Waals surface area contributed by atoms with Crippen LogP contribution in [0.15, 0.2) is 103 Å². The van der Waals surface area contributed by atoms with Crippen LogP contribution in [-0.2, 0) is 20.8 Å². The summed E-state index contributed by atoms with van der Waals surface area (Å²) in [6, 6.07) is 30.0. The van der Waals surface area contributed by atoms with E-state index in [-0.39, 0.29) is 18.4 Å². The van der Waals surface area contributed by atoms with Crippen LogP contribution in [0.25, 0.3) is 11.3 Å². The molecule has 1 atom stereocenters. The van der Waals surface area contributed by atoms with Crippen LogP contribution in [0.5, 0.6) is 17.5 Å².